The van der Waals surface area contributed by atoms with Crippen molar-refractivity contribution < 1.29 is 19.0 Å². The van der Waals surface area contributed by atoms with Crippen molar-refractivity contribution >= 4 is 28.9 Å². The molecule has 6 nitrogen and oxygen atoms in total. The molecule has 2 aromatic carbocycles. The minimum Gasteiger partial charge on any atom is -0.493 e. The first-order valence-electron chi connectivity index (χ1n) is 7.61. The van der Waals surface area contributed by atoms with E-state index in [0.29, 0.717) is 33.6 Å². The zero-order valence-corrected chi connectivity index (χ0v) is 15.3. The standard InChI is InChI=1S/C18H21ClN2O4/c1-11(18(22)21-13-7-5-12(19)6-8-13)20-14-9-15(23-2)17(25-4)16(10-14)24-3/h5-11,20H,1-4H3,(H,21,22). The Labute approximate surface area is 152 Å². The van der Waals surface area contributed by atoms with Crippen molar-refractivity contribution in [2.24, 2.45) is 0 Å². The Morgan fingerprint density at radius 2 is 1.52 bits per heavy atom. The number of halogens is 1. The average molecular weight is 365 g/mol. The molecule has 0 aromatic heterocycles. The number of carbonyl (C=O) groups is 1. The molecule has 2 aromatic rings. The second-order valence-corrected chi connectivity index (χ2v) is 5.71. The predicted molar refractivity (Wildman–Crippen MR) is 99.3 cm³/mol. The van der Waals surface area contributed by atoms with E-state index in [1.807, 2.05) is 0 Å². The molecule has 1 unspecified atom stereocenters. The van der Waals surface area contributed by atoms with Gasteiger partial charge < -0.3 is 24.8 Å². The van der Waals surface area contributed by atoms with Gasteiger partial charge in [-0.25, -0.2) is 0 Å². The highest BCUT2D eigenvalue weighted by atomic mass is 35.5. The van der Waals surface area contributed by atoms with E-state index in [0.717, 1.165) is 0 Å². The van der Waals surface area contributed by atoms with Gasteiger partial charge in [0.1, 0.15) is 6.04 Å². The summed E-state index contributed by atoms with van der Waals surface area (Å²) in [4.78, 5) is 12.3. The molecule has 0 saturated heterocycles. The van der Waals surface area contributed by atoms with Crippen LogP contribution in [-0.4, -0.2) is 33.3 Å². The van der Waals surface area contributed by atoms with Gasteiger partial charge in [-0.1, -0.05) is 11.6 Å². The fraction of sp³-hybridized carbons (Fsp3) is 0.278. The maximum absolute atomic E-state index is 12.3. The van der Waals surface area contributed by atoms with Crippen molar-refractivity contribution in [1.82, 2.24) is 0 Å². The van der Waals surface area contributed by atoms with Gasteiger partial charge >= 0.3 is 0 Å². The monoisotopic (exact) mass is 364 g/mol. The maximum Gasteiger partial charge on any atom is 0.246 e. The molecule has 1 atom stereocenters. The Hall–Kier alpha value is -2.60. The summed E-state index contributed by atoms with van der Waals surface area (Å²) in [6, 6.07) is 9.92. The van der Waals surface area contributed by atoms with Crippen LogP contribution in [-0.2, 0) is 4.79 Å². The highest BCUT2D eigenvalue weighted by molar-refractivity contribution is 6.30. The second kappa shape index (κ2) is 8.48. The SMILES string of the molecule is COc1cc(NC(C)C(=O)Nc2ccc(Cl)cc2)cc(OC)c1OC. The number of hydrogen-bond donors (Lipinski definition) is 2. The number of amides is 1. The van der Waals surface area contributed by atoms with Crippen LogP contribution in [0.5, 0.6) is 17.2 Å². The molecule has 0 bridgehead atoms. The summed E-state index contributed by atoms with van der Waals surface area (Å²) in [5, 5.41) is 6.55. The summed E-state index contributed by atoms with van der Waals surface area (Å²) in [6.45, 7) is 1.76. The topological polar surface area (TPSA) is 68.8 Å². The molecular formula is C18H21ClN2O4. The van der Waals surface area contributed by atoms with E-state index in [2.05, 4.69) is 10.6 Å². The summed E-state index contributed by atoms with van der Waals surface area (Å²) in [5.74, 6) is 1.33. The lowest BCUT2D eigenvalue weighted by molar-refractivity contribution is -0.116. The zero-order valence-electron chi connectivity index (χ0n) is 14.6. The van der Waals surface area contributed by atoms with Gasteiger partial charge in [0, 0.05) is 28.5 Å². The molecule has 0 fully saturated rings. The van der Waals surface area contributed by atoms with Gasteiger partial charge in [0.05, 0.1) is 21.3 Å². The van der Waals surface area contributed by atoms with E-state index in [9.17, 15) is 4.79 Å². The number of nitrogens with one attached hydrogen (secondary N) is 2. The van der Waals surface area contributed by atoms with Gasteiger partial charge in [-0.05, 0) is 31.2 Å². The van der Waals surface area contributed by atoms with Crippen molar-refractivity contribution in [2.45, 2.75) is 13.0 Å². The minimum atomic E-state index is -0.488. The molecule has 1 amide bonds. The Bertz CT molecular complexity index is 709. The quantitative estimate of drug-likeness (QED) is 0.782. The van der Waals surface area contributed by atoms with Gasteiger partial charge in [-0.3, -0.25) is 4.79 Å². The maximum atomic E-state index is 12.3. The fourth-order valence-electron chi connectivity index (χ4n) is 2.26. The van der Waals surface area contributed by atoms with Crippen molar-refractivity contribution in [2.75, 3.05) is 32.0 Å². The van der Waals surface area contributed by atoms with Gasteiger partial charge in [-0.15, -0.1) is 0 Å². The molecule has 2 rings (SSSR count). The molecule has 0 radical (unpaired) electrons. The van der Waals surface area contributed by atoms with Crippen molar-refractivity contribution in [3.8, 4) is 17.2 Å². The Kier molecular flexibility index (Phi) is 6.36. The average Bonchev–Trinajstić information content (AvgIpc) is 2.62. The molecule has 0 spiro atoms. The second-order valence-electron chi connectivity index (χ2n) is 5.28. The van der Waals surface area contributed by atoms with E-state index < -0.39 is 6.04 Å². The van der Waals surface area contributed by atoms with Crippen LogP contribution < -0.4 is 24.8 Å². The molecule has 0 heterocycles. The van der Waals surface area contributed by atoms with Gasteiger partial charge in [0.25, 0.3) is 0 Å². The summed E-state index contributed by atoms with van der Waals surface area (Å²) in [5.41, 5.74) is 1.35. The molecule has 0 aliphatic carbocycles. The predicted octanol–water partition coefficient (Wildman–Crippen LogP) is 3.80. The Morgan fingerprint density at radius 3 is 2.00 bits per heavy atom. The number of ether oxygens (including phenoxy) is 3. The summed E-state index contributed by atoms with van der Waals surface area (Å²) in [6.07, 6.45) is 0. The third-order valence-corrected chi connectivity index (χ3v) is 3.80. The minimum absolute atomic E-state index is 0.184. The van der Waals surface area contributed by atoms with Crippen molar-refractivity contribution in [3.63, 3.8) is 0 Å². The first-order valence-corrected chi connectivity index (χ1v) is 7.99. The third kappa shape index (κ3) is 4.70. The first-order chi connectivity index (χ1) is 12.0. The number of hydrogen-bond acceptors (Lipinski definition) is 5. The first kappa shape index (κ1) is 18.7. The number of rotatable bonds is 7. The highest BCUT2D eigenvalue weighted by Gasteiger charge is 2.17. The van der Waals surface area contributed by atoms with Crippen LogP contribution in [0.4, 0.5) is 11.4 Å². The van der Waals surface area contributed by atoms with Crippen molar-refractivity contribution in [1.29, 1.82) is 0 Å². The van der Waals surface area contributed by atoms with Crippen LogP contribution in [0.15, 0.2) is 36.4 Å². The lowest BCUT2D eigenvalue weighted by atomic mass is 10.2. The summed E-state index contributed by atoms with van der Waals surface area (Å²) < 4.78 is 15.9. The number of anilines is 2. The largest absolute Gasteiger partial charge is 0.493 e. The highest BCUT2D eigenvalue weighted by Crippen LogP contribution is 2.40. The molecule has 0 aliphatic rings. The molecular weight excluding hydrogens is 344 g/mol. The Morgan fingerprint density at radius 1 is 0.960 bits per heavy atom. The van der Waals surface area contributed by atoms with E-state index in [-0.39, 0.29) is 5.91 Å². The zero-order chi connectivity index (χ0) is 18.4. The van der Waals surface area contributed by atoms with Crippen LogP contribution in [0.25, 0.3) is 0 Å². The molecule has 0 saturated carbocycles. The number of benzene rings is 2. The van der Waals surface area contributed by atoms with Crippen LogP contribution in [0.1, 0.15) is 6.92 Å². The van der Waals surface area contributed by atoms with E-state index in [1.165, 1.54) is 21.3 Å². The number of methoxy groups -OCH3 is 3. The van der Waals surface area contributed by atoms with E-state index in [4.69, 9.17) is 25.8 Å². The molecule has 7 heteroatoms. The van der Waals surface area contributed by atoms with Crippen LogP contribution in [0.3, 0.4) is 0 Å². The molecule has 0 aliphatic heterocycles. The van der Waals surface area contributed by atoms with E-state index >= 15 is 0 Å². The van der Waals surface area contributed by atoms with Crippen LogP contribution in [0, 0.1) is 0 Å². The van der Waals surface area contributed by atoms with Crippen molar-refractivity contribution in [3.05, 3.63) is 41.4 Å². The fourth-order valence-corrected chi connectivity index (χ4v) is 2.39. The lowest BCUT2D eigenvalue weighted by Gasteiger charge is -2.18. The Balaban J connectivity index is 2.12. The van der Waals surface area contributed by atoms with Crippen LogP contribution >= 0.6 is 11.6 Å². The van der Waals surface area contributed by atoms with Gasteiger partial charge in [-0.2, -0.15) is 0 Å². The number of carbonyl (C=O) groups excluding carboxylic acids is 1. The lowest BCUT2D eigenvalue weighted by Crippen LogP contribution is -2.31. The van der Waals surface area contributed by atoms with E-state index in [1.54, 1.807) is 43.3 Å². The molecule has 25 heavy (non-hydrogen) atoms. The normalized spacial score (nSPS) is 11.4. The summed E-state index contributed by atoms with van der Waals surface area (Å²) in [7, 11) is 4.62. The van der Waals surface area contributed by atoms with Gasteiger partial charge in [0.15, 0.2) is 11.5 Å². The van der Waals surface area contributed by atoms with Gasteiger partial charge in [0.2, 0.25) is 11.7 Å². The smallest absolute Gasteiger partial charge is 0.246 e. The molecule has 2 N–H and O–H groups in total. The summed E-state index contributed by atoms with van der Waals surface area (Å²) >= 11 is 5.84. The third-order valence-electron chi connectivity index (χ3n) is 3.55. The molecule has 134 valence electrons. The van der Waals surface area contributed by atoms with Crippen LogP contribution in [0.2, 0.25) is 5.02 Å².